The molecule has 0 amide bonds. The molecule has 170 valence electrons. The minimum Gasteiger partial charge on any atom is -0.454 e. The number of aryl methyl sites for hydroxylation is 1. The molecule has 0 aliphatic heterocycles. The van der Waals surface area contributed by atoms with Gasteiger partial charge >= 0.3 is 5.97 Å². The highest BCUT2D eigenvalue weighted by atomic mass is 79.9. The SMILES string of the molecule is Cc1cccc(Oc2cc(C(C#N)OC(=O)C3C(C(Br)C(Cl)(Cl)Br)C3(C)C)ccc2F)c1. The Labute approximate surface area is 213 Å². The van der Waals surface area contributed by atoms with Gasteiger partial charge in [-0.2, -0.15) is 5.26 Å². The molecule has 1 aliphatic rings. The van der Waals surface area contributed by atoms with E-state index in [0.29, 0.717) is 11.3 Å². The van der Waals surface area contributed by atoms with Gasteiger partial charge in [0.15, 0.2) is 14.8 Å². The van der Waals surface area contributed by atoms with Crippen LogP contribution in [-0.2, 0) is 9.53 Å². The molecule has 2 aromatic rings. The number of hydrogen-bond acceptors (Lipinski definition) is 4. The van der Waals surface area contributed by atoms with Gasteiger partial charge in [0.1, 0.15) is 11.8 Å². The number of hydrogen-bond donors (Lipinski definition) is 0. The van der Waals surface area contributed by atoms with E-state index in [1.54, 1.807) is 18.2 Å². The summed E-state index contributed by atoms with van der Waals surface area (Å²) in [6.07, 6.45) is -1.23. The number of rotatable bonds is 7. The van der Waals surface area contributed by atoms with E-state index in [1.165, 1.54) is 18.2 Å². The van der Waals surface area contributed by atoms with Crippen LogP contribution in [0.15, 0.2) is 42.5 Å². The van der Waals surface area contributed by atoms with Gasteiger partial charge in [-0.15, -0.1) is 0 Å². The quantitative estimate of drug-likeness (QED) is 0.240. The highest BCUT2D eigenvalue weighted by molar-refractivity contribution is 9.13. The highest BCUT2D eigenvalue weighted by Crippen LogP contribution is 2.65. The van der Waals surface area contributed by atoms with E-state index in [-0.39, 0.29) is 11.7 Å². The average Bonchev–Trinajstić information content (AvgIpc) is 3.28. The van der Waals surface area contributed by atoms with Crippen LogP contribution in [0.5, 0.6) is 11.5 Å². The van der Waals surface area contributed by atoms with E-state index in [1.807, 2.05) is 32.9 Å². The number of carbonyl (C=O) groups excluding carboxylic acids is 1. The molecule has 1 fully saturated rings. The van der Waals surface area contributed by atoms with Gasteiger partial charge in [0.2, 0.25) is 6.10 Å². The van der Waals surface area contributed by atoms with Crippen LogP contribution in [0.25, 0.3) is 0 Å². The van der Waals surface area contributed by atoms with E-state index in [2.05, 4.69) is 31.9 Å². The first-order valence-electron chi connectivity index (χ1n) is 9.71. The molecule has 3 rings (SSSR count). The average molecular weight is 608 g/mol. The first-order chi connectivity index (χ1) is 14.9. The van der Waals surface area contributed by atoms with Crippen molar-refractivity contribution in [3.05, 3.63) is 59.4 Å². The molecular formula is C23H20Br2Cl2FNO3. The van der Waals surface area contributed by atoms with E-state index >= 15 is 0 Å². The van der Waals surface area contributed by atoms with Gasteiger partial charge in [-0.3, -0.25) is 4.79 Å². The molecule has 4 nitrogen and oxygen atoms in total. The van der Waals surface area contributed by atoms with Crippen molar-refractivity contribution in [3.8, 4) is 17.6 Å². The zero-order valence-corrected chi connectivity index (χ0v) is 22.1. The van der Waals surface area contributed by atoms with Crippen LogP contribution in [0, 0.1) is 41.3 Å². The van der Waals surface area contributed by atoms with Crippen molar-refractivity contribution in [1.29, 1.82) is 5.26 Å². The van der Waals surface area contributed by atoms with Crippen LogP contribution in [-0.4, -0.2) is 14.0 Å². The number of ether oxygens (including phenoxy) is 2. The summed E-state index contributed by atoms with van der Waals surface area (Å²) in [7, 11) is 0. The third-order valence-corrected chi connectivity index (χ3v) is 8.98. The maximum absolute atomic E-state index is 14.3. The number of carbonyl (C=O) groups is 1. The smallest absolute Gasteiger partial charge is 0.311 e. The second-order valence-corrected chi connectivity index (χ2v) is 12.9. The fraction of sp³-hybridized carbons (Fsp3) is 0.391. The molecule has 0 aromatic heterocycles. The Bertz CT molecular complexity index is 1070. The minimum absolute atomic E-state index is 0.0668. The first kappa shape index (κ1) is 25.3. The Kier molecular flexibility index (Phi) is 7.51. The fourth-order valence-electron chi connectivity index (χ4n) is 3.80. The van der Waals surface area contributed by atoms with Crippen LogP contribution in [0.4, 0.5) is 4.39 Å². The van der Waals surface area contributed by atoms with E-state index in [4.69, 9.17) is 32.7 Å². The Morgan fingerprint density at radius 1 is 1.28 bits per heavy atom. The largest absolute Gasteiger partial charge is 0.454 e. The minimum atomic E-state index is -1.27. The van der Waals surface area contributed by atoms with Crippen molar-refractivity contribution in [1.82, 2.24) is 0 Å². The molecule has 9 heteroatoms. The molecule has 1 aliphatic carbocycles. The summed E-state index contributed by atoms with van der Waals surface area (Å²) in [5.74, 6) is -1.48. The second-order valence-electron chi connectivity index (χ2n) is 8.32. The molecule has 32 heavy (non-hydrogen) atoms. The van der Waals surface area contributed by atoms with Crippen LogP contribution in [0.3, 0.4) is 0 Å². The lowest BCUT2D eigenvalue weighted by Crippen LogP contribution is -2.24. The summed E-state index contributed by atoms with van der Waals surface area (Å²) in [5, 5.41) is 9.63. The van der Waals surface area contributed by atoms with Crippen LogP contribution in [0.1, 0.15) is 31.1 Å². The third kappa shape index (κ3) is 5.41. The summed E-state index contributed by atoms with van der Waals surface area (Å²) in [6, 6.07) is 13.0. The van der Waals surface area contributed by atoms with Crippen molar-refractivity contribution in [2.45, 2.75) is 34.9 Å². The lowest BCUT2D eigenvalue weighted by molar-refractivity contribution is -0.149. The number of esters is 1. The number of nitrogens with zero attached hydrogens (tertiary/aromatic N) is 1. The Balaban J connectivity index is 1.78. The Hall–Kier alpha value is -1.33. The fourth-order valence-corrected chi connectivity index (χ4v) is 5.35. The zero-order chi connectivity index (χ0) is 23.8. The molecule has 4 atom stereocenters. The Morgan fingerprint density at radius 2 is 1.97 bits per heavy atom. The lowest BCUT2D eigenvalue weighted by atomic mass is 10.1. The molecule has 0 bridgehead atoms. The summed E-state index contributed by atoms with van der Waals surface area (Å²) < 4.78 is 24.2. The van der Waals surface area contributed by atoms with E-state index in [9.17, 15) is 14.4 Å². The molecule has 2 aromatic carbocycles. The van der Waals surface area contributed by atoms with Gasteiger partial charge in [0.05, 0.1) is 10.7 Å². The summed E-state index contributed by atoms with van der Waals surface area (Å²) in [5.41, 5.74) is 0.826. The van der Waals surface area contributed by atoms with Crippen molar-refractivity contribution in [2.75, 3.05) is 0 Å². The molecule has 0 saturated heterocycles. The first-order valence-corrected chi connectivity index (χ1v) is 12.2. The van der Waals surface area contributed by atoms with Gasteiger partial charge in [-0.1, -0.05) is 71.2 Å². The van der Waals surface area contributed by atoms with Gasteiger partial charge in [-0.25, -0.2) is 4.39 Å². The molecule has 4 unspecified atom stereocenters. The van der Waals surface area contributed by atoms with Crippen LogP contribution in [0.2, 0.25) is 0 Å². The predicted octanol–water partition coefficient (Wildman–Crippen LogP) is 7.60. The Morgan fingerprint density at radius 3 is 2.56 bits per heavy atom. The number of alkyl halides is 4. The van der Waals surface area contributed by atoms with Crippen molar-refractivity contribution >= 4 is 61.0 Å². The normalized spacial score (nSPS) is 21.2. The highest BCUT2D eigenvalue weighted by Gasteiger charge is 2.67. The number of benzene rings is 2. The summed E-state index contributed by atoms with van der Waals surface area (Å²) >= 11 is 18.9. The van der Waals surface area contributed by atoms with Crippen LogP contribution < -0.4 is 4.74 Å². The molecule has 0 radical (unpaired) electrons. The van der Waals surface area contributed by atoms with E-state index in [0.717, 1.165) is 5.56 Å². The lowest BCUT2D eigenvalue weighted by Gasteiger charge is -2.20. The van der Waals surface area contributed by atoms with Gasteiger partial charge in [0, 0.05) is 5.56 Å². The van der Waals surface area contributed by atoms with Gasteiger partial charge < -0.3 is 9.47 Å². The molecule has 0 N–H and O–H groups in total. The van der Waals surface area contributed by atoms with Gasteiger partial charge in [-0.05, 0) is 64.0 Å². The number of nitriles is 1. The third-order valence-electron chi connectivity index (χ3n) is 5.62. The summed E-state index contributed by atoms with van der Waals surface area (Å²) in [6.45, 7) is 5.69. The van der Waals surface area contributed by atoms with Crippen molar-refractivity contribution < 1.29 is 18.7 Å². The van der Waals surface area contributed by atoms with Crippen molar-refractivity contribution in [2.24, 2.45) is 17.3 Å². The van der Waals surface area contributed by atoms with Crippen LogP contribution >= 0.6 is 55.1 Å². The predicted molar refractivity (Wildman–Crippen MR) is 129 cm³/mol. The van der Waals surface area contributed by atoms with Gasteiger partial charge in [0.25, 0.3) is 0 Å². The molecule has 1 saturated carbocycles. The topological polar surface area (TPSA) is 59.3 Å². The maximum Gasteiger partial charge on any atom is 0.311 e. The zero-order valence-electron chi connectivity index (χ0n) is 17.4. The standard InChI is InChI=1S/C23H20Br2Cl2FNO3/c1-12-5-4-6-14(9-12)31-16-10-13(7-8-15(16)28)17(11-29)32-21(30)19-18(22(19,2)3)20(24)23(25,26)27/h4-10,17-20H,1-3H3. The summed E-state index contributed by atoms with van der Waals surface area (Å²) in [4.78, 5) is 12.5. The van der Waals surface area contributed by atoms with Crippen molar-refractivity contribution in [3.63, 3.8) is 0 Å². The van der Waals surface area contributed by atoms with E-state index < -0.39 is 37.3 Å². The molecular weight excluding hydrogens is 588 g/mol. The number of halogens is 5. The maximum atomic E-state index is 14.3. The molecule has 0 spiro atoms. The monoisotopic (exact) mass is 605 g/mol. The second kappa shape index (κ2) is 9.50. The molecule has 0 heterocycles.